The maximum Gasteiger partial charge on any atom is 0.225 e. The summed E-state index contributed by atoms with van der Waals surface area (Å²) in [6.07, 6.45) is 2.71. The zero-order valence-corrected chi connectivity index (χ0v) is 18.7. The molecule has 0 aliphatic carbocycles. The summed E-state index contributed by atoms with van der Waals surface area (Å²) < 4.78 is 5.45. The van der Waals surface area contributed by atoms with E-state index < -0.39 is 0 Å². The predicted octanol–water partition coefficient (Wildman–Crippen LogP) is 5.48. The Bertz CT molecular complexity index is 588. The second kappa shape index (κ2) is 15.3. The monoisotopic (exact) mass is 392 g/mol. The largest absolute Gasteiger partial charge is 0.380 e. The van der Waals surface area contributed by atoms with Crippen LogP contribution < -0.4 is 5.32 Å². The average Bonchev–Trinajstić information content (AvgIpc) is 3.22. The SMILES string of the molecule is CC.CCC(C)C(OC)C(C)C(=O)NCc1nccs1.Cc1ccccc1. The van der Waals surface area contributed by atoms with Crippen molar-refractivity contribution in [1.29, 1.82) is 0 Å². The van der Waals surface area contributed by atoms with Crippen molar-refractivity contribution in [2.45, 2.75) is 60.6 Å². The molecule has 2 rings (SSSR count). The Hall–Kier alpha value is -1.72. The van der Waals surface area contributed by atoms with Crippen LogP contribution in [0.25, 0.3) is 0 Å². The van der Waals surface area contributed by atoms with Crippen LogP contribution in [-0.4, -0.2) is 24.1 Å². The third-order valence-electron chi connectivity index (χ3n) is 4.22. The van der Waals surface area contributed by atoms with E-state index in [1.54, 1.807) is 24.6 Å². The fraction of sp³-hybridized carbons (Fsp3) is 0.545. The fourth-order valence-electron chi connectivity index (χ4n) is 2.51. The minimum absolute atomic E-state index is 0.0253. The Morgan fingerprint density at radius 2 is 1.85 bits per heavy atom. The van der Waals surface area contributed by atoms with Crippen molar-refractivity contribution in [3.63, 3.8) is 0 Å². The summed E-state index contributed by atoms with van der Waals surface area (Å²) in [5.41, 5.74) is 1.32. The van der Waals surface area contributed by atoms with E-state index in [1.807, 2.05) is 44.4 Å². The maximum absolute atomic E-state index is 12.0. The minimum Gasteiger partial charge on any atom is -0.380 e. The first-order chi connectivity index (χ1) is 13.0. The van der Waals surface area contributed by atoms with E-state index in [2.05, 4.69) is 43.2 Å². The molecule has 1 aromatic carbocycles. The number of nitrogens with one attached hydrogen (secondary N) is 1. The number of thiazole rings is 1. The van der Waals surface area contributed by atoms with Crippen LogP contribution in [0.2, 0.25) is 0 Å². The van der Waals surface area contributed by atoms with Crippen LogP contribution in [0.1, 0.15) is 51.6 Å². The summed E-state index contributed by atoms with van der Waals surface area (Å²) in [5, 5.41) is 5.74. The van der Waals surface area contributed by atoms with Gasteiger partial charge < -0.3 is 10.1 Å². The van der Waals surface area contributed by atoms with Gasteiger partial charge in [0, 0.05) is 18.7 Å². The van der Waals surface area contributed by atoms with E-state index in [1.165, 1.54) is 5.56 Å². The Balaban J connectivity index is 0.000000621. The highest BCUT2D eigenvalue weighted by atomic mass is 32.1. The summed E-state index contributed by atoms with van der Waals surface area (Å²) in [7, 11) is 1.67. The summed E-state index contributed by atoms with van der Waals surface area (Å²) in [6, 6.07) is 10.3. The van der Waals surface area contributed by atoms with Crippen molar-refractivity contribution < 1.29 is 9.53 Å². The van der Waals surface area contributed by atoms with E-state index in [0.717, 1.165) is 11.4 Å². The van der Waals surface area contributed by atoms with Gasteiger partial charge in [-0.2, -0.15) is 0 Å². The Labute approximate surface area is 169 Å². The molecular formula is C22H36N2O2S. The van der Waals surface area contributed by atoms with Crippen LogP contribution >= 0.6 is 11.3 Å². The van der Waals surface area contributed by atoms with Gasteiger partial charge in [0.25, 0.3) is 0 Å². The van der Waals surface area contributed by atoms with Gasteiger partial charge in [0.2, 0.25) is 5.91 Å². The predicted molar refractivity (Wildman–Crippen MR) is 116 cm³/mol. The van der Waals surface area contributed by atoms with Crippen molar-refractivity contribution in [3.8, 4) is 0 Å². The Morgan fingerprint density at radius 1 is 1.22 bits per heavy atom. The molecule has 27 heavy (non-hydrogen) atoms. The number of methoxy groups -OCH3 is 1. The third kappa shape index (κ3) is 10.3. The second-order valence-corrected chi connectivity index (χ2v) is 7.15. The van der Waals surface area contributed by atoms with Gasteiger partial charge in [0.05, 0.1) is 18.6 Å². The van der Waals surface area contributed by atoms with Crippen LogP contribution in [-0.2, 0) is 16.1 Å². The summed E-state index contributed by atoms with van der Waals surface area (Å²) in [4.78, 5) is 16.2. The van der Waals surface area contributed by atoms with E-state index in [4.69, 9.17) is 4.74 Å². The van der Waals surface area contributed by atoms with Gasteiger partial charge in [0.1, 0.15) is 5.01 Å². The van der Waals surface area contributed by atoms with Crippen molar-refractivity contribution in [1.82, 2.24) is 10.3 Å². The van der Waals surface area contributed by atoms with Crippen LogP contribution in [0.3, 0.4) is 0 Å². The Kier molecular flexibility index (Phi) is 14.4. The molecule has 0 fully saturated rings. The van der Waals surface area contributed by atoms with Crippen molar-refractivity contribution in [2.24, 2.45) is 11.8 Å². The van der Waals surface area contributed by atoms with Crippen LogP contribution in [0.4, 0.5) is 0 Å². The van der Waals surface area contributed by atoms with Crippen LogP contribution in [0, 0.1) is 18.8 Å². The van der Waals surface area contributed by atoms with E-state index >= 15 is 0 Å². The van der Waals surface area contributed by atoms with Gasteiger partial charge in [-0.1, -0.05) is 76.9 Å². The number of aryl methyl sites for hydroxylation is 1. The number of aromatic nitrogens is 1. The molecule has 0 bridgehead atoms. The number of ether oxygens (including phenoxy) is 1. The topological polar surface area (TPSA) is 51.2 Å². The zero-order valence-electron chi connectivity index (χ0n) is 17.9. The molecule has 0 saturated heterocycles. The molecule has 1 aromatic heterocycles. The number of hydrogen-bond acceptors (Lipinski definition) is 4. The van der Waals surface area contributed by atoms with Gasteiger partial charge in [-0.05, 0) is 12.8 Å². The number of benzene rings is 1. The van der Waals surface area contributed by atoms with E-state index in [-0.39, 0.29) is 17.9 Å². The Morgan fingerprint density at radius 3 is 2.26 bits per heavy atom. The molecule has 4 nitrogen and oxygen atoms in total. The molecule has 0 saturated carbocycles. The number of hydrogen-bond donors (Lipinski definition) is 1. The smallest absolute Gasteiger partial charge is 0.225 e. The second-order valence-electron chi connectivity index (χ2n) is 6.17. The summed E-state index contributed by atoms with van der Waals surface area (Å²) >= 11 is 1.54. The molecular weight excluding hydrogens is 356 g/mol. The zero-order chi connectivity index (χ0) is 20.7. The average molecular weight is 393 g/mol. The third-order valence-corrected chi connectivity index (χ3v) is 5.00. The minimum atomic E-state index is -0.148. The number of nitrogens with zero attached hydrogens (tertiary/aromatic N) is 1. The van der Waals surface area contributed by atoms with E-state index in [0.29, 0.717) is 12.5 Å². The highest BCUT2D eigenvalue weighted by molar-refractivity contribution is 7.09. The van der Waals surface area contributed by atoms with Gasteiger partial charge in [-0.15, -0.1) is 11.3 Å². The molecule has 1 N–H and O–H groups in total. The normalized spacial score (nSPS) is 13.1. The maximum atomic E-state index is 12.0. The first-order valence-electron chi connectivity index (χ1n) is 9.70. The fourth-order valence-corrected chi connectivity index (χ4v) is 3.07. The van der Waals surface area contributed by atoms with Crippen molar-refractivity contribution in [2.75, 3.05) is 7.11 Å². The van der Waals surface area contributed by atoms with Crippen LogP contribution in [0.5, 0.6) is 0 Å². The molecule has 2 aromatic rings. The van der Waals surface area contributed by atoms with Gasteiger partial charge in [-0.25, -0.2) is 4.98 Å². The lowest BCUT2D eigenvalue weighted by Gasteiger charge is -2.26. The molecule has 0 spiro atoms. The first kappa shape index (κ1) is 25.3. The molecule has 5 heteroatoms. The quantitative estimate of drug-likeness (QED) is 0.679. The standard InChI is InChI=1S/C13H22N2O2S.C7H8.C2H6/c1-5-9(2)12(17-4)10(3)13(16)15-8-11-14-6-7-18-11;1-7-5-3-2-4-6-7;1-2/h6-7,9-10,12H,5,8H2,1-4H3,(H,15,16);2-6H,1H3;1-2H3. The molecule has 1 amide bonds. The molecule has 0 radical (unpaired) electrons. The highest BCUT2D eigenvalue weighted by Gasteiger charge is 2.27. The lowest BCUT2D eigenvalue weighted by Crippen LogP contribution is -2.39. The number of rotatable bonds is 7. The summed E-state index contributed by atoms with van der Waals surface area (Å²) in [6.45, 7) is 12.7. The highest BCUT2D eigenvalue weighted by Crippen LogP contribution is 2.19. The van der Waals surface area contributed by atoms with Gasteiger partial charge in [-0.3, -0.25) is 4.79 Å². The van der Waals surface area contributed by atoms with Crippen molar-refractivity contribution >= 4 is 17.2 Å². The lowest BCUT2D eigenvalue weighted by molar-refractivity contribution is -0.130. The molecule has 3 atom stereocenters. The van der Waals surface area contributed by atoms with Gasteiger partial charge in [0.15, 0.2) is 0 Å². The van der Waals surface area contributed by atoms with Crippen LogP contribution in [0.15, 0.2) is 41.9 Å². The molecule has 3 unspecified atom stereocenters. The van der Waals surface area contributed by atoms with E-state index in [9.17, 15) is 4.79 Å². The molecule has 0 aliphatic heterocycles. The first-order valence-corrected chi connectivity index (χ1v) is 10.6. The lowest BCUT2D eigenvalue weighted by atomic mass is 9.91. The van der Waals surface area contributed by atoms with Gasteiger partial charge >= 0.3 is 0 Å². The number of carbonyl (C=O) groups excluding carboxylic acids is 1. The number of amides is 1. The molecule has 152 valence electrons. The van der Waals surface area contributed by atoms with Crippen molar-refractivity contribution in [3.05, 3.63) is 52.5 Å². The molecule has 0 aliphatic rings. The number of carbonyl (C=O) groups is 1. The summed E-state index contributed by atoms with van der Waals surface area (Å²) in [5.74, 6) is 0.248. The molecule has 1 heterocycles.